The molecule has 0 saturated carbocycles. The van der Waals surface area contributed by atoms with Crippen LogP contribution in [0.3, 0.4) is 0 Å². The van der Waals surface area contributed by atoms with Gasteiger partial charge in [0, 0.05) is 0 Å². The minimum atomic E-state index is -3.43. The van der Waals surface area contributed by atoms with Gasteiger partial charge in [-0.25, -0.2) is 0 Å². The van der Waals surface area contributed by atoms with Crippen molar-refractivity contribution in [2.75, 3.05) is 0 Å². The first kappa shape index (κ1) is 29.5. The summed E-state index contributed by atoms with van der Waals surface area (Å²) in [4.78, 5) is 0. The molecule has 0 heterocycles. The summed E-state index contributed by atoms with van der Waals surface area (Å²) in [5, 5.41) is 0. The van der Waals surface area contributed by atoms with Gasteiger partial charge < -0.3 is 0 Å². The first-order valence-electron chi connectivity index (χ1n) is 14.2. The molecule has 0 radical (unpaired) electrons. The van der Waals surface area contributed by atoms with Crippen LogP contribution < -0.4 is 3.12 Å². The van der Waals surface area contributed by atoms with E-state index >= 15 is 0 Å². The molecule has 0 aliphatic heterocycles. The molecular weight excluding hydrogens is 811 g/mol. The van der Waals surface area contributed by atoms with Crippen LogP contribution in [0.4, 0.5) is 0 Å². The molecule has 1 unspecified atom stereocenters. The topological polar surface area (TPSA) is 0 Å². The summed E-state index contributed by atoms with van der Waals surface area (Å²) in [6, 6.07) is 52.5. The van der Waals surface area contributed by atoms with Gasteiger partial charge in [0.25, 0.3) is 0 Å². The number of hydrogen-bond donors (Lipinski definition) is 0. The zero-order valence-corrected chi connectivity index (χ0v) is 30.3. The van der Waals surface area contributed by atoms with Crippen molar-refractivity contribution in [3.05, 3.63) is 171 Å². The van der Waals surface area contributed by atoms with Crippen LogP contribution in [0.25, 0.3) is 0 Å². The molecule has 5 aromatic rings. The van der Waals surface area contributed by atoms with Gasteiger partial charge in [0.05, 0.1) is 0 Å². The van der Waals surface area contributed by atoms with Gasteiger partial charge >= 0.3 is 264 Å². The zero-order valence-electron chi connectivity index (χ0n) is 23.2. The standard InChI is InChI=1S/C27H22Br.C6H4Br.2C2H5.Pb/c28-26-18-16-22(17-19-26)20-21-27(23-10-4-1-5-11-23,24-12-6-2-7-13-24)25-14-8-3-9-15-25;7-6-4-2-1-3-5-6;2*1-2;/h1-19,21H,20H2;2-5H;2*1H2,2H3;. The molecule has 0 spiro atoms. The van der Waals surface area contributed by atoms with Crippen molar-refractivity contribution in [3.63, 3.8) is 0 Å². The summed E-state index contributed by atoms with van der Waals surface area (Å²) in [6.45, 7) is 4.96. The van der Waals surface area contributed by atoms with Crippen molar-refractivity contribution in [1.29, 1.82) is 0 Å². The van der Waals surface area contributed by atoms with Gasteiger partial charge in [-0.05, 0) is 0 Å². The number of rotatable bonds is 10. The summed E-state index contributed by atoms with van der Waals surface area (Å²) in [5.74, 6) is 0. The maximum atomic E-state index is 3.72. The van der Waals surface area contributed by atoms with Gasteiger partial charge in [0.2, 0.25) is 0 Å². The molecule has 0 fully saturated rings. The van der Waals surface area contributed by atoms with E-state index in [2.05, 4.69) is 185 Å². The summed E-state index contributed by atoms with van der Waals surface area (Å²) in [5.41, 5.74) is 5.27. The van der Waals surface area contributed by atoms with E-state index in [9.17, 15) is 0 Å². The van der Waals surface area contributed by atoms with Crippen molar-refractivity contribution in [1.82, 2.24) is 0 Å². The van der Waals surface area contributed by atoms with Crippen LogP contribution in [0.1, 0.15) is 36.1 Å². The van der Waals surface area contributed by atoms with Gasteiger partial charge in [-0.3, -0.25) is 0 Å². The molecule has 5 rings (SSSR count). The van der Waals surface area contributed by atoms with E-state index < -0.39 is 21.2 Å². The van der Waals surface area contributed by atoms with Crippen molar-refractivity contribution < 1.29 is 0 Å². The van der Waals surface area contributed by atoms with Crippen LogP contribution in [0, 0.1) is 0 Å². The Balaban J connectivity index is 1.92. The van der Waals surface area contributed by atoms with E-state index in [4.69, 9.17) is 0 Å². The quantitative estimate of drug-likeness (QED) is 0.0970. The van der Waals surface area contributed by atoms with E-state index in [1.54, 1.807) is 3.12 Å². The third-order valence-electron chi connectivity index (χ3n) is 8.91. The van der Waals surface area contributed by atoms with Crippen LogP contribution in [0.2, 0.25) is 11.4 Å². The van der Waals surface area contributed by atoms with E-state index in [0.717, 1.165) is 15.4 Å². The van der Waals surface area contributed by atoms with Crippen molar-refractivity contribution >= 4 is 56.2 Å². The van der Waals surface area contributed by atoms with E-state index in [-0.39, 0.29) is 5.41 Å². The monoisotopic (exact) mass is 846 g/mol. The van der Waals surface area contributed by atoms with E-state index in [1.165, 1.54) is 30.2 Å². The Morgan fingerprint density at radius 2 is 0.900 bits per heavy atom. The second-order valence-electron chi connectivity index (χ2n) is 10.7. The molecule has 0 N–H and O–H groups in total. The summed E-state index contributed by atoms with van der Waals surface area (Å²) in [7, 11) is 0. The van der Waals surface area contributed by atoms with Crippen LogP contribution in [0.15, 0.2) is 148 Å². The second-order valence-corrected chi connectivity index (χ2v) is 31.9. The molecule has 202 valence electrons. The summed E-state index contributed by atoms with van der Waals surface area (Å²) in [6.07, 6.45) is 1.03. The molecule has 5 aromatic carbocycles. The Morgan fingerprint density at radius 1 is 0.525 bits per heavy atom. The molecular formula is C37H36Br2Pb. The van der Waals surface area contributed by atoms with Gasteiger partial charge in [-0.15, -0.1) is 0 Å². The molecule has 1 atom stereocenters. The normalized spacial score (nSPS) is 12.7. The van der Waals surface area contributed by atoms with Crippen molar-refractivity contribution in [2.45, 2.75) is 37.1 Å². The summed E-state index contributed by atoms with van der Waals surface area (Å²) >= 11 is 3.97. The minimum absolute atomic E-state index is 0.294. The molecule has 0 aliphatic carbocycles. The van der Waals surface area contributed by atoms with Gasteiger partial charge in [0.15, 0.2) is 0 Å². The number of halogens is 2. The molecule has 0 bridgehead atoms. The first-order chi connectivity index (χ1) is 19.5. The van der Waals surface area contributed by atoms with E-state index in [1.807, 2.05) is 0 Å². The number of benzene rings is 5. The SMILES string of the molecule is C[CH2][Pb]([CH2]C)([c]1ccc(Br)cc1)[CH](Cc1ccc(Br)cc1)C(c1ccccc1)(c1ccccc1)c1ccccc1. The average Bonchev–Trinajstić information content (AvgIpc) is 3.02. The molecule has 0 saturated heterocycles. The molecule has 0 amide bonds. The third-order valence-corrected chi connectivity index (χ3v) is 33.2. The average molecular weight is 848 g/mol. The van der Waals surface area contributed by atoms with Gasteiger partial charge in [0.1, 0.15) is 0 Å². The third kappa shape index (κ3) is 5.69. The second kappa shape index (κ2) is 13.3. The van der Waals surface area contributed by atoms with Crippen LogP contribution in [0.5, 0.6) is 0 Å². The zero-order chi connectivity index (χ0) is 28.0. The van der Waals surface area contributed by atoms with Crippen LogP contribution in [-0.2, 0) is 11.8 Å². The molecule has 0 nitrogen and oxygen atoms in total. The fourth-order valence-corrected chi connectivity index (χ4v) is 28.8. The van der Waals surface area contributed by atoms with Crippen molar-refractivity contribution in [3.8, 4) is 0 Å². The van der Waals surface area contributed by atoms with Gasteiger partial charge in [-0.2, -0.15) is 0 Å². The Bertz CT molecular complexity index is 1380. The van der Waals surface area contributed by atoms with Crippen molar-refractivity contribution in [2.24, 2.45) is 0 Å². The number of hydrogen-bond acceptors (Lipinski definition) is 0. The van der Waals surface area contributed by atoms with Gasteiger partial charge in [-0.1, -0.05) is 0 Å². The van der Waals surface area contributed by atoms with E-state index in [0.29, 0.717) is 3.48 Å². The molecule has 3 heteroatoms. The molecule has 0 aliphatic rings. The summed E-state index contributed by atoms with van der Waals surface area (Å²) < 4.78 is 6.83. The Kier molecular flexibility index (Phi) is 9.81. The Hall–Kier alpha value is -2.02. The predicted molar refractivity (Wildman–Crippen MR) is 181 cm³/mol. The van der Waals surface area contributed by atoms with Crippen LogP contribution >= 0.6 is 31.9 Å². The fraction of sp³-hybridized carbons (Fsp3) is 0.189. The predicted octanol–water partition coefficient (Wildman–Crippen LogP) is 10.6. The fourth-order valence-electron chi connectivity index (χ4n) is 6.96. The molecule has 0 aromatic heterocycles. The first-order valence-corrected chi connectivity index (χ1v) is 25.5. The Morgan fingerprint density at radius 3 is 1.27 bits per heavy atom. The molecule has 40 heavy (non-hydrogen) atoms. The maximum absolute atomic E-state index is 3.72. The Labute approximate surface area is 261 Å². The van der Waals surface area contributed by atoms with Crippen LogP contribution in [-0.4, -0.2) is 21.2 Å².